The average Bonchev–Trinajstić information content (AvgIpc) is 2.85. The van der Waals surface area contributed by atoms with Crippen LogP contribution in [0, 0.1) is 11.3 Å². The van der Waals surface area contributed by atoms with Gasteiger partial charge in [0.1, 0.15) is 11.1 Å². The molecule has 7 heteroatoms. The van der Waals surface area contributed by atoms with Crippen LogP contribution in [0.25, 0.3) is 0 Å². The number of nitrogens with one attached hydrogen (secondary N) is 1. The maximum absolute atomic E-state index is 12.1. The topological polar surface area (TPSA) is 87.0 Å². The zero-order valence-electron chi connectivity index (χ0n) is 10.5. The summed E-state index contributed by atoms with van der Waals surface area (Å²) in [6.45, 7) is 0. The molecule has 1 aromatic heterocycles. The molecule has 20 heavy (non-hydrogen) atoms. The number of rotatable bonds is 3. The minimum absolute atomic E-state index is 0.0804. The highest BCUT2D eigenvalue weighted by atomic mass is 32.2. The zero-order valence-corrected chi connectivity index (χ0v) is 12.1. The molecule has 0 saturated carbocycles. The first kappa shape index (κ1) is 14.2. The van der Waals surface area contributed by atoms with Crippen LogP contribution in [0.2, 0.25) is 0 Å². The minimum Gasteiger partial charge on any atom is -0.312 e. The van der Waals surface area contributed by atoms with Crippen molar-refractivity contribution in [1.29, 1.82) is 5.26 Å². The van der Waals surface area contributed by atoms with Crippen molar-refractivity contribution in [1.82, 2.24) is 0 Å². The third-order valence-corrected chi connectivity index (χ3v) is 4.48. The standard InChI is InChI=1S/C13H10N2O3S2/c1-20(17,18)11-4-2-3-9(7-11)12(16)15-13-10(8-14)5-6-19-13/h2-7H,1H3,(H,15,16). The third kappa shape index (κ3) is 3.04. The molecular weight excluding hydrogens is 296 g/mol. The summed E-state index contributed by atoms with van der Waals surface area (Å²) >= 11 is 1.23. The van der Waals surface area contributed by atoms with Gasteiger partial charge in [-0.2, -0.15) is 5.26 Å². The van der Waals surface area contributed by atoms with Crippen LogP contribution in [0.3, 0.4) is 0 Å². The first-order valence-corrected chi connectivity index (χ1v) is 8.28. The number of thiophene rings is 1. The Balaban J connectivity index is 2.29. The van der Waals surface area contributed by atoms with E-state index >= 15 is 0 Å². The molecule has 0 atom stereocenters. The predicted molar refractivity (Wildman–Crippen MR) is 76.5 cm³/mol. The maximum atomic E-state index is 12.1. The van der Waals surface area contributed by atoms with Crippen LogP contribution < -0.4 is 5.32 Å². The van der Waals surface area contributed by atoms with E-state index in [0.717, 1.165) is 6.26 Å². The van der Waals surface area contributed by atoms with Gasteiger partial charge in [-0.3, -0.25) is 4.79 Å². The van der Waals surface area contributed by atoms with Crippen molar-refractivity contribution in [2.75, 3.05) is 11.6 Å². The highest BCUT2D eigenvalue weighted by Gasteiger charge is 2.13. The van der Waals surface area contributed by atoms with Crippen molar-refractivity contribution < 1.29 is 13.2 Å². The van der Waals surface area contributed by atoms with Crippen molar-refractivity contribution in [2.45, 2.75) is 4.90 Å². The van der Waals surface area contributed by atoms with Crippen molar-refractivity contribution in [3.05, 3.63) is 46.8 Å². The molecular formula is C13H10N2O3S2. The molecule has 2 rings (SSSR count). The molecule has 1 aromatic carbocycles. The SMILES string of the molecule is CS(=O)(=O)c1cccc(C(=O)Nc2sccc2C#N)c1. The van der Waals surface area contributed by atoms with Crippen LogP contribution >= 0.6 is 11.3 Å². The molecule has 0 radical (unpaired) electrons. The molecule has 1 N–H and O–H groups in total. The van der Waals surface area contributed by atoms with Gasteiger partial charge in [-0.15, -0.1) is 11.3 Å². The Hall–Kier alpha value is -2.17. The smallest absolute Gasteiger partial charge is 0.256 e. The quantitative estimate of drug-likeness (QED) is 0.942. The summed E-state index contributed by atoms with van der Waals surface area (Å²) in [7, 11) is -3.36. The molecule has 102 valence electrons. The summed E-state index contributed by atoms with van der Waals surface area (Å²) < 4.78 is 22.9. The first-order valence-electron chi connectivity index (χ1n) is 5.51. The fourth-order valence-corrected chi connectivity index (χ4v) is 2.94. The van der Waals surface area contributed by atoms with E-state index in [0.29, 0.717) is 10.6 Å². The van der Waals surface area contributed by atoms with Crippen LogP contribution in [0.1, 0.15) is 15.9 Å². The highest BCUT2D eigenvalue weighted by Crippen LogP contribution is 2.23. The molecule has 0 aliphatic rings. The Morgan fingerprint density at radius 2 is 2.10 bits per heavy atom. The van der Waals surface area contributed by atoms with Crippen LogP contribution in [0.5, 0.6) is 0 Å². The molecule has 0 bridgehead atoms. The number of carbonyl (C=O) groups is 1. The van der Waals surface area contributed by atoms with E-state index < -0.39 is 15.7 Å². The molecule has 2 aromatic rings. The van der Waals surface area contributed by atoms with Gasteiger partial charge in [0.05, 0.1) is 10.5 Å². The number of sulfone groups is 1. The van der Waals surface area contributed by atoms with Gasteiger partial charge in [0.2, 0.25) is 0 Å². The second-order valence-corrected chi connectivity index (χ2v) is 6.96. The summed E-state index contributed by atoms with van der Waals surface area (Å²) in [5.41, 5.74) is 0.604. The van der Waals surface area contributed by atoms with E-state index in [1.165, 1.54) is 35.6 Å². The average molecular weight is 306 g/mol. The van der Waals surface area contributed by atoms with E-state index in [4.69, 9.17) is 5.26 Å². The molecule has 0 saturated heterocycles. The van der Waals surface area contributed by atoms with Gasteiger partial charge >= 0.3 is 0 Å². The summed E-state index contributed by atoms with van der Waals surface area (Å²) in [4.78, 5) is 12.1. The van der Waals surface area contributed by atoms with Gasteiger partial charge in [0, 0.05) is 11.8 Å². The molecule has 0 spiro atoms. The fourth-order valence-electron chi connectivity index (χ4n) is 1.54. The van der Waals surface area contributed by atoms with Crippen LogP contribution in [-0.2, 0) is 9.84 Å². The normalized spacial score (nSPS) is 10.8. The van der Waals surface area contributed by atoms with Crippen molar-refractivity contribution in [2.24, 2.45) is 0 Å². The summed E-state index contributed by atoms with van der Waals surface area (Å²) in [5.74, 6) is -0.450. The third-order valence-electron chi connectivity index (χ3n) is 2.54. The van der Waals surface area contributed by atoms with E-state index in [2.05, 4.69) is 5.32 Å². The lowest BCUT2D eigenvalue weighted by Gasteiger charge is -2.05. The van der Waals surface area contributed by atoms with Crippen molar-refractivity contribution >= 4 is 32.1 Å². The number of benzene rings is 1. The number of amides is 1. The Labute approximate surface area is 120 Å². The summed E-state index contributed by atoms with van der Waals surface area (Å²) in [5, 5.41) is 13.6. The van der Waals surface area contributed by atoms with Crippen LogP contribution in [0.15, 0.2) is 40.6 Å². The van der Waals surface area contributed by atoms with Gasteiger partial charge in [0.25, 0.3) is 5.91 Å². The van der Waals surface area contributed by atoms with Gasteiger partial charge < -0.3 is 5.32 Å². The lowest BCUT2D eigenvalue weighted by atomic mass is 10.2. The Morgan fingerprint density at radius 3 is 2.75 bits per heavy atom. The number of anilines is 1. The maximum Gasteiger partial charge on any atom is 0.256 e. The van der Waals surface area contributed by atoms with Crippen LogP contribution in [-0.4, -0.2) is 20.6 Å². The first-order chi connectivity index (χ1) is 9.41. The minimum atomic E-state index is -3.36. The van der Waals surface area contributed by atoms with Crippen molar-refractivity contribution in [3.8, 4) is 6.07 Å². The number of hydrogen-bond donors (Lipinski definition) is 1. The highest BCUT2D eigenvalue weighted by molar-refractivity contribution is 7.90. The molecule has 1 heterocycles. The lowest BCUT2D eigenvalue weighted by Crippen LogP contribution is -2.12. The zero-order chi connectivity index (χ0) is 14.8. The molecule has 5 nitrogen and oxygen atoms in total. The van der Waals surface area contributed by atoms with Crippen molar-refractivity contribution in [3.63, 3.8) is 0 Å². The Bertz CT molecular complexity index is 801. The lowest BCUT2D eigenvalue weighted by molar-refractivity contribution is 0.102. The predicted octanol–water partition coefficient (Wildman–Crippen LogP) is 2.28. The van der Waals surface area contributed by atoms with Gasteiger partial charge in [-0.05, 0) is 29.6 Å². The van der Waals surface area contributed by atoms with Gasteiger partial charge in [-0.25, -0.2) is 8.42 Å². The molecule has 0 unspecified atom stereocenters. The number of carbonyl (C=O) groups excluding carboxylic acids is 1. The van der Waals surface area contributed by atoms with E-state index in [1.54, 1.807) is 11.4 Å². The van der Waals surface area contributed by atoms with E-state index in [9.17, 15) is 13.2 Å². The molecule has 0 aliphatic carbocycles. The monoisotopic (exact) mass is 306 g/mol. The van der Waals surface area contributed by atoms with Gasteiger partial charge in [-0.1, -0.05) is 6.07 Å². The van der Waals surface area contributed by atoms with E-state index in [-0.39, 0.29) is 10.5 Å². The molecule has 0 aliphatic heterocycles. The second kappa shape index (κ2) is 5.45. The number of nitrogens with zero attached hydrogens (tertiary/aromatic N) is 1. The molecule has 0 fully saturated rings. The van der Waals surface area contributed by atoms with E-state index in [1.807, 2.05) is 6.07 Å². The summed E-state index contributed by atoms with van der Waals surface area (Å²) in [6, 6.07) is 9.33. The number of nitriles is 1. The molecule has 1 amide bonds. The number of hydrogen-bond acceptors (Lipinski definition) is 5. The van der Waals surface area contributed by atoms with Gasteiger partial charge in [0.15, 0.2) is 9.84 Å². The Morgan fingerprint density at radius 1 is 1.35 bits per heavy atom. The van der Waals surface area contributed by atoms with Crippen LogP contribution in [0.4, 0.5) is 5.00 Å². The Kier molecular flexibility index (Phi) is 3.88. The second-order valence-electron chi connectivity index (χ2n) is 4.03. The largest absolute Gasteiger partial charge is 0.312 e. The summed E-state index contributed by atoms with van der Waals surface area (Å²) in [6.07, 6.45) is 1.08. The fraction of sp³-hybridized carbons (Fsp3) is 0.0769.